The van der Waals surface area contributed by atoms with E-state index in [9.17, 15) is 4.79 Å². The van der Waals surface area contributed by atoms with E-state index in [0.29, 0.717) is 27.8 Å². The van der Waals surface area contributed by atoms with Crippen LogP contribution in [-0.2, 0) is 4.52 Å². The second kappa shape index (κ2) is 13.8. The number of rotatable bonds is 8. The molecule has 13 nitrogen and oxygen atoms in total. The van der Waals surface area contributed by atoms with Crippen LogP contribution in [0.4, 0.5) is 5.69 Å². The molecule has 0 aromatic carbocycles. The standard InChI is InChI=1S/C22H25N8O4PS.C2H6O/c1-14(34-35(32)33)29-11-15(10-25-29)22-27-18(13-36-22)21(31)26-17-12-30(16-6-3-2-4-7-16)28-19(17)20-23-8-5-9-24-20;1-2-3/h5,8-14,16,32-33H,2-4,6-7H2,1H3,(H,26,31);3H,2H2,1H3. The minimum Gasteiger partial charge on any atom is -0.397 e. The molecule has 4 N–H and O–H groups in total. The molecule has 1 amide bonds. The molecule has 1 aliphatic carbocycles. The Balaban J connectivity index is 0.00000112. The maximum atomic E-state index is 13.1. The summed E-state index contributed by atoms with van der Waals surface area (Å²) in [5.41, 5.74) is 1.99. The predicted octanol–water partition coefficient (Wildman–Crippen LogP) is 4.16. The van der Waals surface area contributed by atoms with Crippen LogP contribution in [0.5, 0.6) is 0 Å². The summed E-state index contributed by atoms with van der Waals surface area (Å²) < 4.78 is 8.34. The van der Waals surface area contributed by atoms with Crippen LogP contribution in [0.2, 0.25) is 0 Å². The number of anilines is 1. The van der Waals surface area contributed by atoms with Gasteiger partial charge < -0.3 is 20.2 Å². The molecule has 15 heteroatoms. The molecule has 0 aliphatic heterocycles. The van der Waals surface area contributed by atoms with Gasteiger partial charge in [0.2, 0.25) is 0 Å². The van der Waals surface area contributed by atoms with Crippen LogP contribution in [0.3, 0.4) is 0 Å². The molecule has 1 saturated carbocycles. The average molecular weight is 575 g/mol. The van der Waals surface area contributed by atoms with Gasteiger partial charge in [0, 0.05) is 42.3 Å². The van der Waals surface area contributed by atoms with Crippen molar-refractivity contribution in [3.05, 3.63) is 48.1 Å². The Kier molecular flexibility index (Phi) is 10.2. The Hall–Kier alpha value is -3.13. The summed E-state index contributed by atoms with van der Waals surface area (Å²) >= 11 is 1.30. The molecule has 0 spiro atoms. The lowest BCUT2D eigenvalue weighted by Crippen LogP contribution is -2.14. The molecular formula is C24H31N8O5PS. The number of carbonyl (C=O) groups excluding carboxylic acids is 1. The van der Waals surface area contributed by atoms with E-state index < -0.39 is 14.8 Å². The van der Waals surface area contributed by atoms with Crippen LogP contribution < -0.4 is 5.32 Å². The van der Waals surface area contributed by atoms with E-state index in [0.717, 1.165) is 25.7 Å². The van der Waals surface area contributed by atoms with Crippen molar-refractivity contribution < 1.29 is 24.2 Å². The zero-order valence-corrected chi connectivity index (χ0v) is 23.3. The van der Waals surface area contributed by atoms with Gasteiger partial charge in [-0.15, -0.1) is 11.3 Å². The molecule has 1 aliphatic rings. The maximum absolute atomic E-state index is 13.1. The molecular weight excluding hydrogens is 543 g/mol. The summed E-state index contributed by atoms with van der Waals surface area (Å²) in [6.07, 6.45) is 13.4. The first-order valence-corrected chi connectivity index (χ1v) is 14.6. The van der Waals surface area contributed by atoms with Crippen LogP contribution in [-0.4, -0.2) is 61.9 Å². The molecule has 1 fully saturated rings. The van der Waals surface area contributed by atoms with Gasteiger partial charge in [-0.1, -0.05) is 19.3 Å². The van der Waals surface area contributed by atoms with E-state index in [4.69, 9.17) is 24.5 Å². The van der Waals surface area contributed by atoms with Gasteiger partial charge in [0.15, 0.2) is 17.7 Å². The highest BCUT2D eigenvalue weighted by molar-refractivity contribution is 7.39. The summed E-state index contributed by atoms with van der Waals surface area (Å²) in [6, 6.07) is 2.02. The van der Waals surface area contributed by atoms with Crippen LogP contribution in [0.1, 0.15) is 68.7 Å². The molecule has 0 saturated heterocycles. The SMILES string of the molecule is CC(OP(O)O)n1cc(-c2nc(C(=O)Nc3cn(C4CCCCC4)nc3-c3ncccn3)cs2)cn1.CCO. The molecule has 1 unspecified atom stereocenters. The van der Waals surface area contributed by atoms with Gasteiger partial charge in [-0.05, 0) is 32.8 Å². The number of nitrogens with one attached hydrogen (secondary N) is 1. The lowest BCUT2D eigenvalue weighted by molar-refractivity contribution is 0.102. The topological polar surface area (TPSA) is 173 Å². The Morgan fingerprint density at radius 1 is 1.23 bits per heavy atom. The van der Waals surface area contributed by atoms with E-state index in [-0.39, 0.29) is 24.2 Å². The van der Waals surface area contributed by atoms with Crippen LogP contribution in [0, 0.1) is 0 Å². The van der Waals surface area contributed by atoms with Gasteiger partial charge in [-0.2, -0.15) is 10.2 Å². The van der Waals surface area contributed by atoms with Crippen molar-refractivity contribution in [2.24, 2.45) is 0 Å². The third-order valence-electron chi connectivity index (χ3n) is 5.91. The third kappa shape index (κ3) is 7.50. The minimum atomic E-state index is -2.50. The van der Waals surface area contributed by atoms with Crippen molar-refractivity contribution in [2.75, 3.05) is 11.9 Å². The predicted molar refractivity (Wildman–Crippen MR) is 147 cm³/mol. The normalized spacial score (nSPS) is 14.6. The molecule has 0 bridgehead atoms. The summed E-state index contributed by atoms with van der Waals surface area (Å²) in [7, 11) is -2.50. The Morgan fingerprint density at radius 2 is 1.95 bits per heavy atom. The summed E-state index contributed by atoms with van der Waals surface area (Å²) in [5.74, 6) is 0.0766. The second-order valence-corrected chi connectivity index (χ2v) is 10.3. The minimum absolute atomic E-state index is 0.250. The molecule has 4 aromatic heterocycles. The van der Waals surface area contributed by atoms with Crippen molar-refractivity contribution in [3.63, 3.8) is 0 Å². The molecule has 0 radical (unpaired) electrons. The number of thiazole rings is 1. The average Bonchev–Trinajstić information content (AvgIpc) is 3.69. The zero-order chi connectivity index (χ0) is 27.8. The van der Waals surface area contributed by atoms with E-state index in [2.05, 4.69) is 25.4 Å². The fourth-order valence-corrected chi connectivity index (χ4v) is 5.28. The highest BCUT2D eigenvalue weighted by Gasteiger charge is 2.23. The first kappa shape index (κ1) is 28.9. The number of amides is 1. The lowest BCUT2D eigenvalue weighted by Gasteiger charge is -2.21. The maximum Gasteiger partial charge on any atom is 0.329 e. The fraction of sp³-hybridized carbons (Fsp3) is 0.417. The van der Waals surface area contributed by atoms with Crippen molar-refractivity contribution >= 4 is 31.5 Å². The smallest absolute Gasteiger partial charge is 0.329 e. The molecule has 39 heavy (non-hydrogen) atoms. The number of carbonyl (C=O) groups is 1. The quantitative estimate of drug-likeness (QED) is 0.224. The number of hydrogen-bond donors (Lipinski definition) is 4. The van der Waals surface area contributed by atoms with E-state index in [1.165, 1.54) is 22.4 Å². The molecule has 1 atom stereocenters. The number of hydrogen-bond acceptors (Lipinski definition) is 11. The van der Waals surface area contributed by atoms with Crippen molar-refractivity contribution in [2.45, 2.75) is 58.2 Å². The van der Waals surface area contributed by atoms with Gasteiger partial charge in [0.1, 0.15) is 10.7 Å². The van der Waals surface area contributed by atoms with Crippen LogP contribution >= 0.6 is 19.9 Å². The summed E-state index contributed by atoms with van der Waals surface area (Å²) in [4.78, 5) is 44.3. The Morgan fingerprint density at radius 3 is 2.64 bits per heavy atom. The number of nitrogens with zero attached hydrogens (tertiary/aromatic N) is 7. The second-order valence-electron chi connectivity index (χ2n) is 8.71. The zero-order valence-electron chi connectivity index (χ0n) is 21.6. The number of aliphatic hydroxyl groups excluding tert-OH is 1. The molecule has 4 heterocycles. The highest BCUT2D eigenvalue weighted by Crippen LogP contribution is 2.33. The molecule has 4 aromatic rings. The van der Waals surface area contributed by atoms with E-state index in [1.54, 1.807) is 50.1 Å². The van der Waals surface area contributed by atoms with Crippen molar-refractivity contribution in [1.82, 2.24) is 34.5 Å². The fourth-order valence-electron chi connectivity index (χ4n) is 4.13. The molecule has 208 valence electrons. The summed E-state index contributed by atoms with van der Waals surface area (Å²) in [6.45, 7) is 3.57. The van der Waals surface area contributed by atoms with Gasteiger partial charge >= 0.3 is 8.60 Å². The highest BCUT2D eigenvalue weighted by atomic mass is 32.1. The van der Waals surface area contributed by atoms with Gasteiger partial charge in [0.05, 0.1) is 17.9 Å². The van der Waals surface area contributed by atoms with E-state index in [1.807, 2.05) is 10.9 Å². The molecule has 5 rings (SSSR count). The van der Waals surface area contributed by atoms with Crippen LogP contribution in [0.25, 0.3) is 22.1 Å². The van der Waals surface area contributed by atoms with Crippen molar-refractivity contribution in [3.8, 4) is 22.1 Å². The third-order valence-corrected chi connectivity index (χ3v) is 7.30. The van der Waals surface area contributed by atoms with Gasteiger partial charge in [0.25, 0.3) is 5.91 Å². The van der Waals surface area contributed by atoms with Gasteiger partial charge in [-0.25, -0.2) is 19.6 Å². The Labute approximate surface area is 230 Å². The van der Waals surface area contributed by atoms with Crippen molar-refractivity contribution in [1.29, 1.82) is 0 Å². The van der Waals surface area contributed by atoms with Crippen LogP contribution in [0.15, 0.2) is 42.4 Å². The Bertz CT molecular complexity index is 1340. The monoisotopic (exact) mass is 574 g/mol. The van der Waals surface area contributed by atoms with E-state index >= 15 is 0 Å². The van der Waals surface area contributed by atoms with Gasteiger partial charge in [-0.3, -0.25) is 14.0 Å². The number of aliphatic hydroxyl groups is 1. The lowest BCUT2D eigenvalue weighted by atomic mass is 9.96. The first-order chi connectivity index (χ1) is 18.9. The number of aromatic nitrogens is 7. The first-order valence-electron chi connectivity index (χ1n) is 12.5. The largest absolute Gasteiger partial charge is 0.397 e. The summed E-state index contributed by atoms with van der Waals surface area (Å²) in [5, 5.41) is 21.7.